The van der Waals surface area contributed by atoms with Crippen LogP contribution in [0, 0.1) is 0 Å². The van der Waals surface area contributed by atoms with Gasteiger partial charge in [0.05, 0.1) is 38.9 Å². The van der Waals surface area contributed by atoms with Gasteiger partial charge < -0.3 is 14.2 Å². The van der Waals surface area contributed by atoms with E-state index in [4.69, 9.17) is 0 Å². The predicted molar refractivity (Wildman–Crippen MR) is 216 cm³/mol. The normalized spacial score (nSPS) is 9.95. The van der Waals surface area contributed by atoms with Crippen molar-refractivity contribution in [3.63, 3.8) is 0 Å². The number of carbonyl (C=O) groups is 3. The maximum absolute atomic E-state index is 11.8. The first kappa shape index (κ1) is 49.7. The highest BCUT2D eigenvalue weighted by molar-refractivity contribution is 5.85. The molecule has 0 radical (unpaired) electrons. The number of aromatic nitrogens is 15. The van der Waals surface area contributed by atoms with Gasteiger partial charge in [0.1, 0.15) is 0 Å². The van der Waals surface area contributed by atoms with E-state index in [2.05, 4.69) is 60.4 Å². The summed E-state index contributed by atoms with van der Waals surface area (Å²) in [6.45, 7) is 12.0. The molecule has 6 aromatic rings. The van der Waals surface area contributed by atoms with Crippen LogP contribution in [0.15, 0.2) is 106 Å². The van der Waals surface area contributed by atoms with Crippen molar-refractivity contribution < 1.29 is 28.6 Å². The number of hydrogen-bond acceptors (Lipinski definition) is 18. The summed E-state index contributed by atoms with van der Waals surface area (Å²) in [6, 6.07) is 11.6. The van der Waals surface area contributed by atoms with Crippen molar-refractivity contribution in [2.75, 3.05) is 21.3 Å². The molecule has 0 fully saturated rings. The Morgan fingerprint density at radius 1 is 0.483 bits per heavy atom. The average Bonchev–Trinajstić information content (AvgIpc) is 4.01. The molecule has 0 amide bonds. The molecule has 24 nitrogen and oxygen atoms in total. The van der Waals surface area contributed by atoms with Gasteiger partial charge >= 0.3 is 35.0 Å². The summed E-state index contributed by atoms with van der Waals surface area (Å²) < 4.78 is 19.1. The highest BCUT2D eigenvalue weighted by atomic mass is 16.5. The van der Waals surface area contributed by atoms with Crippen LogP contribution in [0.4, 0.5) is 0 Å². The first-order valence-corrected chi connectivity index (χ1v) is 17.8. The first-order valence-electron chi connectivity index (χ1n) is 17.8. The molecule has 0 aliphatic heterocycles. The lowest BCUT2D eigenvalue weighted by atomic mass is 10.4. The lowest BCUT2D eigenvalue weighted by Crippen LogP contribution is -2.22. The highest BCUT2D eigenvalue weighted by Gasteiger charge is 2.09. The Morgan fingerprint density at radius 2 is 0.917 bits per heavy atom. The first-order chi connectivity index (χ1) is 29.2. The third-order valence-electron chi connectivity index (χ3n) is 6.13. The largest absolute Gasteiger partial charge is 0.466 e. The van der Waals surface area contributed by atoms with Crippen molar-refractivity contribution in [2.45, 2.75) is 41.5 Å². The number of nitrogens with zero attached hydrogens (tertiary/aromatic N) is 15. The van der Waals surface area contributed by atoms with Gasteiger partial charge in [-0.1, -0.05) is 47.6 Å². The summed E-state index contributed by atoms with van der Waals surface area (Å²) in [4.78, 5) is 79.8. The minimum atomic E-state index is -0.589. The molecule has 0 unspecified atom stereocenters. The van der Waals surface area contributed by atoms with Crippen LogP contribution >= 0.6 is 0 Å². The van der Waals surface area contributed by atoms with E-state index in [1.54, 1.807) is 48.7 Å². The molecule has 60 heavy (non-hydrogen) atoms. The number of pyridine rings is 3. The summed E-state index contributed by atoms with van der Waals surface area (Å²) in [5, 5.41) is 21.8. The Morgan fingerprint density at radius 3 is 1.32 bits per heavy atom. The predicted octanol–water partition coefficient (Wildman–Crippen LogP) is 1.48. The number of tetrazole rings is 3. The van der Waals surface area contributed by atoms with Crippen LogP contribution < -0.4 is 17.1 Å². The molecule has 0 saturated carbocycles. The number of esters is 3. The van der Waals surface area contributed by atoms with Crippen LogP contribution in [0.3, 0.4) is 0 Å². The summed E-state index contributed by atoms with van der Waals surface area (Å²) >= 11 is 0. The second-order valence-electron chi connectivity index (χ2n) is 9.47. The van der Waals surface area contributed by atoms with Gasteiger partial charge in [0.2, 0.25) is 0 Å². The molecule has 318 valence electrons. The SMILES string of the molecule is CC.CC.CC.COC(=O)/C=C/n1nnn(-c2ccccn2)c1=O.COC(=O)/C=C/n1nnn(-c2cccnc2)c1=O.COC(=O)/C=C/n1nnn(-c2ccncc2)c1=O. The van der Waals surface area contributed by atoms with E-state index >= 15 is 0 Å². The van der Waals surface area contributed by atoms with Gasteiger partial charge in [-0.25, -0.2) is 33.8 Å². The Bertz CT molecular complexity index is 2160. The molecule has 0 aliphatic carbocycles. The highest BCUT2D eigenvalue weighted by Crippen LogP contribution is 2.00. The van der Waals surface area contributed by atoms with Gasteiger partial charge in [-0.15, -0.1) is 4.68 Å². The summed E-state index contributed by atoms with van der Waals surface area (Å²) in [7, 11) is 3.71. The quantitative estimate of drug-likeness (QED) is 0.113. The summed E-state index contributed by atoms with van der Waals surface area (Å²) in [5.41, 5.74) is -0.522. The summed E-state index contributed by atoms with van der Waals surface area (Å²) in [5.74, 6) is -1.41. The second kappa shape index (κ2) is 28.1. The van der Waals surface area contributed by atoms with Crippen LogP contribution in [-0.4, -0.2) is 114 Å². The fourth-order valence-electron chi connectivity index (χ4n) is 3.56. The van der Waals surface area contributed by atoms with Gasteiger partial charge in [0.15, 0.2) is 5.82 Å². The zero-order valence-corrected chi connectivity index (χ0v) is 34.3. The molecular weight excluding hydrogens is 786 g/mol. The third-order valence-corrected chi connectivity index (χ3v) is 6.13. The van der Waals surface area contributed by atoms with E-state index in [1.165, 1.54) is 64.7 Å². The second-order valence-corrected chi connectivity index (χ2v) is 9.47. The van der Waals surface area contributed by atoms with Crippen LogP contribution in [0.1, 0.15) is 41.5 Å². The van der Waals surface area contributed by atoms with Crippen molar-refractivity contribution in [2.24, 2.45) is 0 Å². The molecule has 0 N–H and O–H groups in total. The Balaban J connectivity index is 0.000000423. The molecule has 0 spiro atoms. The number of methoxy groups -OCH3 is 3. The third kappa shape index (κ3) is 15.3. The van der Waals surface area contributed by atoms with Crippen molar-refractivity contribution in [1.82, 2.24) is 74.3 Å². The smallest absolute Gasteiger partial charge is 0.374 e. The standard InChI is InChI=1S/3C10H9N5O3.3C2H6/c1-18-9(16)4-7-14-10(17)15(13-12-14)8-2-5-11-6-3-8;1-18-9(16)4-6-14-10(17)15(13-12-14)8-3-2-5-11-7-8;1-18-9(16)5-7-14-10(17)15(13-12-14)8-4-2-3-6-11-8;3*1-2/h3*2-7H,1H3;3*1-2H3/b7-4+;6-4+;7-5+;;;. The Kier molecular flexibility index (Phi) is 23.3. The fraction of sp³-hybridized carbons (Fsp3) is 0.250. The Hall–Kier alpha value is -8.31. The number of carbonyl (C=O) groups excluding carboxylic acids is 3. The molecule has 0 aliphatic rings. The van der Waals surface area contributed by atoms with Gasteiger partial charge in [-0.3, -0.25) is 9.97 Å². The minimum absolute atomic E-state index is 0.347. The van der Waals surface area contributed by atoms with Gasteiger partial charge in [-0.05, 0) is 67.7 Å². The molecule has 6 aromatic heterocycles. The van der Waals surface area contributed by atoms with Gasteiger partial charge in [-0.2, -0.15) is 23.4 Å². The molecular formula is C36H45N15O9. The lowest BCUT2D eigenvalue weighted by Gasteiger charge is -1.94. The monoisotopic (exact) mass is 831 g/mol. The zero-order chi connectivity index (χ0) is 44.9. The summed E-state index contributed by atoms with van der Waals surface area (Å²) in [6.07, 6.45) is 14.4. The average molecular weight is 832 g/mol. The van der Waals surface area contributed by atoms with Crippen LogP contribution in [0.25, 0.3) is 35.8 Å². The van der Waals surface area contributed by atoms with E-state index in [-0.39, 0.29) is 0 Å². The van der Waals surface area contributed by atoms with Crippen molar-refractivity contribution in [1.29, 1.82) is 0 Å². The number of ether oxygens (including phenoxy) is 3. The van der Waals surface area contributed by atoms with Crippen LogP contribution in [0.2, 0.25) is 0 Å². The molecule has 0 atom stereocenters. The van der Waals surface area contributed by atoms with Gasteiger partial charge in [0, 0.05) is 61.6 Å². The molecule has 0 bridgehead atoms. The maximum Gasteiger partial charge on any atom is 0.374 e. The molecule has 24 heteroatoms. The van der Waals surface area contributed by atoms with E-state index < -0.39 is 35.0 Å². The topological polar surface area (TPSA) is 276 Å². The Labute approximate surface area is 342 Å². The van der Waals surface area contributed by atoms with Crippen molar-refractivity contribution in [3.05, 3.63) is 123 Å². The van der Waals surface area contributed by atoms with Crippen molar-refractivity contribution >= 4 is 36.5 Å². The molecule has 0 saturated heterocycles. The lowest BCUT2D eigenvalue weighted by molar-refractivity contribution is -0.135. The van der Waals surface area contributed by atoms with Crippen LogP contribution in [0.5, 0.6) is 0 Å². The zero-order valence-electron chi connectivity index (χ0n) is 34.3. The molecule has 6 heterocycles. The van der Waals surface area contributed by atoms with Gasteiger partial charge in [0.25, 0.3) is 0 Å². The fourth-order valence-corrected chi connectivity index (χ4v) is 3.56. The molecule has 0 aromatic carbocycles. The number of rotatable bonds is 9. The minimum Gasteiger partial charge on any atom is -0.466 e. The van der Waals surface area contributed by atoms with E-state index in [9.17, 15) is 28.8 Å². The van der Waals surface area contributed by atoms with E-state index in [0.29, 0.717) is 17.2 Å². The maximum atomic E-state index is 11.8. The van der Waals surface area contributed by atoms with E-state index in [1.807, 2.05) is 41.5 Å². The van der Waals surface area contributed by atoms with E-state index in [0.717, 1.165) is 46.3 Å². The molecule has 6 rings (SSSR count). The van der Waals surface area contributed by atoms with Crippen LogP contribution in [-0.2, 0) is 28.6 Å². The number of hydrogen-bond donors (Lipinski definition) is 0. The van der Waals surface area contributed by atoms with Crippen molar-refractivity contribution in [3.8, 4) is 17.2 Å².